The molecule has 0 spiro atoms. The third-order valence-electron chi connectivity index (χ3n) is 6.61. The van der Waals surface area contributed by atoms with Crippen molar-refractivity contribution in [1.82, 2.24) is 9.99 Å². The van der Waals surface area contributed by atoms with Crippen molar-refractivity contribution in [1.29, 1.82) is 0 Å². The molecule has 1 aromatic heterocycles. The first kappa shape index (κ1) is 33.0. The molecule has 0 saturated carbocycles. The summed E-state index contributed by atoms with van der Waals surface area (Å²) >= 11 is 18.6. The average Bonchev–Trinajstić information content (AvgIpc) is 3.26. The first-order valence-corrected chi connectivity index (χ1v) is 15.5. The summed E-state index contributed by atoms with van der Waals surface area (Å²) in [5, 5.41) is 5.32. The molecule has 4 rings (SSSR count). The number of rotatable bonds is 11. The molecule has 0 bridgehead atoms. The van der Waals surface area contributed by atoms with Crippen LogP contribution >= 0.6 is 34.8 Å². The van der Waals surface area contributed by atoms with Crippen molar-refractivity contribution in [3.05, 3.63) is 92.7 Å². The summed E-state index contributed by atoms with van der Waals surface area (Å²) < 4.78 is 46.7. The standard InChI is InChI=1S/C30H29Cl3N4O6S/c1-18-10-20(19(2)37(18)24-12-22(32)11-23(33)13-24)16-34-35-30(38)17-36(26-14-21(31)6-8-27(26)41-3)44(39,40)25-7-9-28(42-4)29(15-25)43-5/h6-16H,17H2,1-5H3,(H,35,38)/b34-16+. The number of nitrogens with one attached hydrogen (secondary N) is 1. The Morgan fingerprint density at radius 2 is 1.50 bits per heavy atom. The molecule has 0 aliphatic carbocycles. The van der Waals surface area contributed by atoms with Crippen molar-refractivity contribution >= 4 is 62.6 Å². The second kappa shape index (κ2) is 13.8. The minimum atomic E-state index is -4.36. The number of ether oxygens (including phenoxy) is 3. The number of sulfonamides is 1. The van der Waals surface area contributed by atoms with Gasteiger partial charge in [0.2, 0.25) is 0 Å². The van der Waals surface area contributed by atoms with Gasteiger partial charge in [-0.1, -0.05) is 34.8 Å². The minimum absolute atomic E-state index is 0.0534. The number of carbonyl (C=O) groups excluding carboxylic acids is 1. The highest BCUT2D eigenvalue weighted by molar-refractivity contribution is 7.92. The lowest BCUT2D eigenvalue weighted by Crippen LogP contribution is -2.39. The van der Waals surface area contributed by atoms with Crippen molar-refractivity contribution < 1.29 is 27.4 Å². The van der Waals surface area contributed by atoms with E-state index < -0.39 is 22.5 Å². The fourth-order valence-corrected chi connectivity index (χ4v) is 6.71. The molecule has 1 amide bonds. The molecule has 0 radical (unpaired) electrons. The number of anilines is 1. The number of hydrazone groups is 1. The zero-order valence-corrected chi connectivity index (χ0v) is 27.5. The predicted molar refractivity (Wildman–Crippen MR) is 173 cm³/mol. The molecular weight excluding hydrogens is 651 g/mol. The smallest absolute Gasteiger partial charge is 0.265 e. The molecule has 0 fully saturated rings. The van der Waals surface area contributed by atoms with Crippen LogP contribution in [0.2, 0.25) is 15.1 Å². The van der Waals surface area contributed by atoms with Gasteiger partial charge < -0.3 is 18.8 Å². The van der Waals surface area contributed by atoms with Crippen LogP contribution in [0.1, 0.15) is 17.0 Å². The lowest BCUT2D eigenvalue weighted by molar-refractivity contribution is -0.119. The monoisotopic (exact) mass is 678 g/mol. The topological polar surface area (TPSA) is 111 Å². The number of methoxy groups -OCH3 is 3. The molecule has 1 heterocycles. The molecule has 10 nitrogen and oxygen atoms in total. The Balaban J connectivity index is 1.64. The van der Waals surface area contributed by atoms with E-state index in [1.165, 1.54) is 57.9 Å². The number of hydrogen-bond acceptors (Lipinski definition) is 7. The largest absolute Gasteiger partial charge is 0.495 e. The van der Waals surface area contributed by atoms with Crippen molar-refractivity contribution in [2.24, 2.45) is 5.10 Å². The highest BCUT2D eigenvalue weighted by Gasteiger charge is 2.30. The SMILES string of the molecule is COc1ccc(S(=O)(=O)N(CC(=O)N/N=C/c2cc(C)n(-c3cc(Cl)cc(Cl)c3)c2C)c2cc(Cl)ccc2OC)cc1OC. The van der Waals surface area contributed by atoms with Crippen molar-refractivity contribution in [3.63, 3.8) is 0 Å². The summed E-state index contributed by atoms with van der Waals surface area (Å²) in [7, 11) is -0.154. The van der Waals surface area contributed by atoms with Gasteiger partial charge in [-0.2, -0.15) is 5.10 Å². The van der Waals surface area contributed by atoms with Crippen molar-refractivity contribution in [2.75, 3.05) is 32.2 Å². The zero-order valence-electron chi connectivity index (χ0n) is 24.4. The van der Waals surface area contributed by atoms with E-state index in [0.717, 1.165) is 21.4 Å². The third-order valence-corrected chi connectivity index (χ3v) is 9.04. The van der Waals surface area contributed by atoms with Gasteiger partial charge in [-0.15, -0.1) is 0 Å². The highest BCUT2D eigenvalue weighted by Crippen LogP contribution is 2.37. The van der Waals surface area contributed by atoms with E-state index in [0.29, 0.717) is 21.4 Å². The van der Waals surface area contributed by atoms with Crippen molar-refractivity contribution in [2.45, 2.75) is 18.7 Å². The Morgan fingerprint density at radius 3 is 2.14 bits per heavy atom. The Bertz CT molecular complexity index is 1820. The molecule has 0 unspecified atom stereocenters. The van der Waals surface area contributed by atoms with Crippen LogP contribution in [0.3, 0.4) is 0 Å². The molecule has 0 saturated heterocycles. The third kappa shape index (κ3) is 7.07. The second-order valence-electron chi connectivity index (χ2n) is 9.43. The molecule has 4 aromatic rings. The van der Waals surface area contributed by atoms with Crippen LogP contribution in [0, 0.1) is 13.8 Å². The first-order chi connectivity index (χ1) is 20.9. The quantitative estimate of drug-likeness (QED) is 0.145. The lowest BCUT2D eigenvalue weighted by Gasteiger charge is -2.25. The van der Waals surface area contributed by atoms with Gasteiger partial charge in [0.1, 0.15) is 12.3 Å². The van der Waals surface area contributed by atoms with E-state index in [2.05, 4.69) is 10.5 Å². The normalized spacial score (nSPS) is 11.5. The van der Waals surface area contributed by atoms with Gasteiger partial charge >= 0.3 is 0 Å². The summed E-state index contributed by atoms with van der Waals surface area (Å²) in [4.78, 5) is 13.0. The molecule has 0 aliphatic rings. The summed E-state index contributed by atoms with van der Waals surface area (Å²) in [6.07, 6.45) is 1.47. The molecule has 3 aromatic carbocycles. The van der Waals surface area contributed by atoms with E-state index in [9.17, 15) is 13.2 Å². The number of nitrogens with zero attached hydrogens (tertiary/aromatic N) is 3. The summed E-state index contributed by atoms with van der Waals surface area (Å²) in [5.41, 5.74) is 5.66. The van der Waals surface area contributed by atoms with Crippen LogP contribution in [-0.2, 0) is 14.8 Å². The lowest BCUT2D eigenvalue weighted by atomic mass is 10.2. The maximum Gasteiger partial charge on any atom is 0.265 e. The predicted octanol–water partition coefficient (Wildman–Crippen LogP) is 6.43. The van der Waals surface area contributed by atoms with Gasteiger partial charge in [0.25, 0.3) is 15.9 Å². The number of hydrogen-bond donors (Lipinski definition) is 1. The van der Waals surface area contributed by atoms with Crippen LogP contribution in [0.4, 0.5) is 5.69 Å². The number of amides is 1. The van der Waals surface area contributed by atoms with Crippen LogP contribution in [0.25, 0.3) is 5.69 Å². The van der Waals surface area contributed by atoms with Crippen LogP contribution in [0.15, 0.2) is 70.7 Å². The molecule has 14 heteroatoms. The van der Waals surface area contributed by atoms with Crippen LogP contribution < -0.4 is 23.9 Å². The molecule has 232 valence electrons. The number of aromatic nitrogens is 1. The van der Waals surface area contributed by atoms with Crippen LogP contribution in [-0.4, -0.2) is 53.0 Å². The number of benzene rings is 3. The summed E-state index contributed by atoms with van der Waals surface area (Å²) in [6.45, 7) is 3.14. The van der Waals surface area contributed by atoms with Gasteiger partial charge in [0, 0.05) is 43.8 Å². The van der Waals surface area contributed by atoms with E-state index in [1.54, 1.807) is 24.3 Å². The van der Waals surface area contributed by atoms with Gasteiger partial charge in [-0.05, 0) is 68.4 Å². The average molecular weight is 680 g/mol. The zero-order chi connectivity index (χ0) is 32.2. The molecular formula is C30H29Cl3N4O6S. The van der Waals surface area contributed by atoms with Gasteiger partial charge in [0.15, 0.2) is 11.5 Å². The van der Waals surface area contributed by atoms with E-state index in [1.807, 2.05) is 24.5 Å². The second-order valence-corrected chi connectivity index (χ2v) is 12.6. The van der Waals surface area contributed by atoms with Gasteiger partial charge in [-0.25, -0.2) is 13.8 Å². The number of halogens is 3. The fourth-order valence-electron chi connectivity index (χ4n) is 4.59. The van der Waals surface area contributed by atoms with Gasteiger partial charge in [-0.3, -0.25) is 9.10 Å². The number of carbonyl (C=O) groups is 1. The molecule has 44 heavy (non-hydrogen) atoms. The minimum Gasteiger partial charge on any atom is -0.495 e. The first-order valence-electron chi connectivity index (χ1n) is 12.9. The Morgan fingerprint density at radius 1 is 0.864 bits per heavy atom. The molecule has 1 N–H and O–H groups in total. The van der Waals surface area contributed by atoms with E-state index in [4.69, 9.17) is 49.0 Å². The van der Waals surface area contributed by atoms with Crippen molar-refractivity contribution in [3.8, 4) is 22.9 Å². The Hall–Kier alpha value is -3.90. The maximum atomic E-state index is 14.0. The maximum absolute atomic E-state index is 14.0. The van der Waals surface area contributed by atoms with E-state index in [-0.39, 0.29) is 27.1 Å². The highest BCUT2D eigenvalue weighted by atomic mass is 35.5. The number of aryl methyl sites for hydroxylation is 1. The summed E-state index contributed by atoms with van der Waals surface area (Å²) in [5.74, 6) is -0.00686. The van der Waals surface area contributed by atoms with E-state index >= 15 is 0 Å². The Kier molecular flexibility index (Phi) is 10.4. The molecule has 0 atom stereocenters. The summed E-state index contributed by atoms with van der Waals surface area (Å²) in [6, 6.07) is 15.6. The molecule has 0 aliphatic heterocycles. The van der Waals surface area contributed by atoms with Crippen LogP contribution in [0.5, 0.6) is 17.2 Å². The Labute approximate surface area is 270 Å². The fraction of sp³-hybridized carbons (Fsp3) is 0.200. The van der Waals surface area contributed by atoms with Gasteiger partial charge in [0.05, 0.1) is 38.1 Å².